The Morgan fingerprint density at radius 1 is 1.45 bits per heavy atom. The molecular formula is C8H8O3. The predicted octanol–water partition coefficient (Wildman–Crippen LogP) is 0.818. The maximum Gasteiger partial charge on any atom is 0.129 e. The Bertz CT molecular complexity index is 283. The van der Waals surface area contributed by atoms with E-state index in [-0.39, 0.29) is 5.75 Å². The van der Waals surface area contributed by atoms with E-state index < -0.39 is 6.10 Å². The van der Waals surface area contributed by atoms with Crippen molar-refractivity contribution in [3.8, 4) is 11.5 Å². The van der Waals surface area contributed by atoms with Gasteiger partial charge in [0, 0.05) is 11.6 Å². The van der Waals surface area contributed by atoms with Crippen LogP contribution in [0.5, 0.6) is 11.5 Å². The van der Waals surface area contributed by atoms with Crippen molar-refractivity contribution < 1.29 is 14.9 Å². The molecular weight excluding hydrogens is 144 g/mol. The third kappa shape index (κ3) is 0.935. The summed E-state index contributed by atoms with van der Waals surface area (Å²) in [6, 6.07) is 4.71. The van der Waals surface area contributed by atoms with Gasteiger partial charge in [0.1, 0.15) is 24.2 Å². The van der Waals surface area contributed by atoms with Gasteiger partial charge in [-0.25, -0.2) is 0 Å². The first kappa shape index (κ1) is 6.49. The van der Waals surface area contributed by atoms with E-state index >= 15 is 0 Å². The average Bonchev–Trinajstić information content (AvgIpc) is 2.32. The van der Waals surface area contributed by atoms with E-state index in [4.69, 9.17) is 9.84 Å². The van der Waals surface area contributed by atoms with Crippen LogP contribution in [-0.2, 0) is 0 Å². The molecule has 0 saturated carbocycles. The number of aromatic hydroxyl groups is 1. The maximum atomic E-state index is 9.27. The molecule has 0 spiro atoms. The minimum atomic E-state index is -0.536. The monoisotopic (exact) mass is 152 g/mol. The summed E-state index contributed by atoms with van der Waals surface area (Å²) < 4.78 is 5.08. The number of aliphatic hydroxyl groups excluding tert-OH is 1. The molecule has 0 aliphatic carbocycles. The zero-order chi connectivity index (χ0) is 7.84. The summed E-state index contributed by atoms with van der Waals surface area (Å²) in [4.78, 5) is 0. The molecule has 2 N–H and O–H groups in total. The number of benzene rings is 1. The zero-order valence-electron chi connectivity index (χ0n) is 5.82. The van der Waals surface area contributed by atoms with Crippen LogP contribution in [0.3, 0.4) is 0 Å². The second-order valence-electron chi connectivity index (χ2n) is 2.55. The highest BCUT2D eigenvalue weighted by atomic mass is 16.5. The van der Waals surface area contributed by atoms with Crippen LogP contribution in [0.15, 0.2) is 18.2 Å². The smallest absolute Gasteiger partial charge is 0.129 e. The summed E-state index contributed by atoms with van der Waals surface area (Å²) in [6.45, 7) is 0.290. The van der Waals surface area contributed by atoms with Crippen molar-refractivity contribution in [2.45, 2.75) is 6.10 Å². The molecule has 58 valence electrons. The highest BCUT2D eigenvalue weighted by Crippen LogP contribution is 2.34. The Morgan fingerprint density at radius 3 is 3.09 bits per heavy atom. The summed E-state index contributed by atoms with van der Waals surface area (Å²) in [5.41, 5.74) is 0.753. The predicted molar refractivity (Wildman–Crippen MR) is 38.6 cm³/mol. The Balaban J connectivity index is 2.50. The Morgan fingerprint density at radius 2 is 2.27 bits per heavy atom. The van der Waals surface area contributed by atoms with E-state index in [0.29, 0.717) is 12.4 Å². The zero-order valence-corrected chi connectivity index (χ0v) is 5.82. The van der Waals surface area contributed by atoms with Crippen molar-refractivity contribution in [3.63, 3.8) is 0 Å². The number of hydrogen-bond donors (Lipinski definition) is 2. The molecule has 0 saturated heterocycles. The highest BCUT2D eigenvalue weighted by Gasteiger charge is 2.21. The summed E-state index contributed by atoms with van der Waals surface area (Å²) in [5, 5.41) is 18.3. The number of phenolic OH excluding ortho intramolecular Hbond substituents is 1. The standard InChI is InChI=1S/C8H8O3/c9-5-1-2-6-7(10)4-11-8(6)3-5/h1-3,7,9-10H,4H2. The Kier molecular flexibility index (Phi) is 1.26. The molecule has 0 fully saturated rings. The first-order valence-corrected chi connectivity index (χ1v) is 3.41. The van der Waals surface area contributed by atoms with Crippen LogP contribution >= 0.6 is 0 Å². The minimum absolute atomic E-state index is 0.165. The molecule has 1 aliphatic heterocycles. The molecule has 0 radical (unpaired) electrons. The van der Waals surface area contributed by atoms with Crippen LogP contribution in [0.2, 0.25) is 0 Å². The van der Waals surface area contributed by atoms with Gasteiger partial charge in [-0.2, -0.15) is 0 Å². The van der Waals surface area contributed by atoms with Gasteiger partial charge >= 0.3 is 0 Å². The SMILES string of the molecule is Oc1ccc2c(c1)OCC2O. The van der Waals surface area contributed by atoms with Gasteiger partial charge in [0.05, 0.1) is 0 Å². The molecule has 1 heterocycles. The summed E-state index contributed by atoms with van der Waals surface area (Å²) >= 11 is 0. The van der Waals surface area contributed by atoms with Gasteiger partial charge in [0.15, 0.2) is 0 Å². The number of fused-ring (bicyclic) bond motifs is 1. The van der Waals surface area contributed by atoms with Crippen LogP contribution in [0.1, 0.15) is 11.7 Å². The van der Waals surface area contributed by atoms with Crippen molar-refractivity contribution in [3.05, 3.63) is 23.8 Å². The highest BCUT2D eigenvalue weighted by molar-refractivity contribution is 5.43. The van der Waals surface area contributed by atoms with Gasteiger partial charge in [-0.3, -0.25) is 0 Å². The summed E-state index contributed by atoms with van der Waals surface area (Å²) in [5.74, 6) is 0.746. The van der Waals surface area contributed by atoms with Gasteiger partial charge in [0.25, 0.3) is 0 Å². The molecule has 2 rings (SSSR count). The summed E-state index contributed by atoms with van der Waals surface area (Å²) in [6.07, 6.45) is -0.536. The second-order valence-corrected chi connectivity index (χ2v) is 2.55. The van der Waals surface area contributed by atoms with Crippen LogP contribution in [-0.4, -0.2) is 16.8 Å². The lowest BCUT2D eigenvalue weighted by Crippen LogP contribution is -1.97. The fourth-order valence-electron chi connectivity index (χ4n) is 1.18. The molecule has 1 atom stereocenters. The molecule has 3 nitrogen and oxygen atoms in total. The van der Waals surface area contributed by atoms with E-state index in [9.17, 15) is 5.11 Å². The molecule has 0 amide bonds. The van der Waals surface area contributed by atoms with E-state index in [1.807, 2.05) is 0 Å². The third-order valence-corrected chi connectivity index (χ3v) is 1.75. The molecule has 3 heteroatoms. The van der Waals surface area contributed by atoms with E-state index in [2.05, 4.69) is 0 Å². The van der Waals surface area contributed by atoms with Crippen molar-refractivity contribution in [1.82, 2.24) is 0 Å². The molecule has 0 aromatic heterocycles. The first-order chi connectivity index (χ1) is 5.27. The minimum Gasteiger partial charge on any atom is -0.508 e. The summed E-state index contributed by atoms with van der Waals surface area (Å²) in [7, 11) is 0. The van der Waals surface area contributed by atoms with Gasteiger partial charge in [-0.1, -0.05) is 0 Å². The van der Waals surface area contributed by atoms with Crippen LogP contribution in [0.4, 0.5) is 0 Å². The van der Waals surface area contributed by atoms with Crippen molar-refractivity contribution in [2.75, 3.05) is 6.61 Å². The molecule has 1 aromatic carbocycles. The molecule has 11 heavy (non-hydrogen) atoms. The number of hydrogen-bond acceptors (Lipinski definition) is 3. The lowest BCUT2D eigenvalue weighted by atomic mass is 10.1. The Labute approximate surface area is 63.9 Å². The first-order valence-electron chi connectivity index (χ1n) is 3.41. The van der Waals surface area contributed by atoms with Crippen molar-refractivity contribution in [2.24, 2.45) is 0 Å². The molecule has 1 aliphatic rings. The largest absolute Gasteiger partial charge is 0.508 e. The van der Waals surface area contributed by atoms with E-state index in [1.165, 1.54) is 12.1 Å². The van der Waals surface area contributed by atoms with E-state index in [1.54, 1.807) is 6.07 Å². The lowest BCUT2D eigenvalue weighted by molar-refractivity contribution is 0.140. The van der Waals surface area contributed by atoms with Gasteiger partial charge < -0.3 is 14.9 Å². The number of aliphatic hydroxyl groups is 1. The van der Waals surface area contributed by atoms with Crippen molar-refractivity contribution >= 4 is 0 Å². The van der Waals surface area contributed by atoms with Gasteiger partial charge in [0.2, 0.25) is 0 Å². The second kappa shape index (κ2) is 2.13. The van der Waals surface area contributed by atoms with E-state index in [0.717, 1.165) is 5.56 Å². The quantitative estimate of drug-likeness (QED) is 0.578. The van der Waals surface area contributed by atoms with Gasteiger partial charge in [-0.05, 0) is 12.1 Å². The number of phenols is 1. The average molecular weight is 152 g/mol. The fraction of sp³-hybridized carbons (Fsp3) is 0.250. The van der Waals surface area contributed by atoms with Gasteiger partial charge in [-0.15, -0.1) is 0 Å². The van der Waals surface area contributed by atoms with Crippen LogP contribution in [0.25, 0.3) is 0 Å². The third-order valence-electron chi connectivity index (χ3n) is 1.75. The number of rotatable bonds is 0. The maximum absolute atomic E-state index is 9.27. The lowest BCUT2D eigenvalue weighted by Gasteiger charge is -1.98. The van der Waals surface area contributed by atoms with Crippen molar-refractivity contribution in [1.29, 1.82) is 0 Å². The molecule has 1 unspecified atom stereocenters. The normalized spacial score (nSPS) is 21.0. The molecule has 1 aromatic rings. The van der Waals surface area contributed by atoms with Crippen LogP contribution in [0, 0.1) is 0 Å². The number of ether oxygens (including phenoxy) is 1. The Hall–Kier alpha value is -1.22. The molecule has 0 bridgehead atoms. The van der Waals surface area contributed by atoms with Crippen LogP contribution < -0.4 is 4.74 Å². The fourth-order valence-corrected chi connectivity index (χ4v) is 1.18. The topological polar surface area (TPSA) is 49.7 Å².